The molecule has 0 bridgehead atoms. The van der Waals surface area contributed by atoms with Gasteiger partial charge < -0.3 is 0 Å². The van der Waals surface area contributed by atoms with Crippen molar-refractivity contribution in [2.45, 2.75) is 6.92 Å². The Morgan fingerprint density at radius 2 is 1.95 bits per heavy atom. The number of carbonyl (C=O) groups excluding carboxylic acids is 1. The molecule has 1 aromatic heterocycles. The van der Waals surface area contributed by atoms with Gasteiger partial charge in [-0.1, -0.05) is 24.3 Å². The molecule has 96 valence electrons. The first-order valence-electron chi connectivity index (χ1n) is 5.69. The molecular formula is C14H12FN3O. The summed E-state index contributed by atoms with van der Waals surface area (Å²) in [6.45, 7) is 1.62. The fraction of sp³-hybridized carbons (Fsp3) is 0.0714. The molecule has 1 aromatic carbocycles. The molecule has 2 rings (SSSR count). The van der Waals surface area contributed by atoms with E-state index in [4.69, 9.17) is 0 Å². The number of halogens is 1. The number of rotatable bonds is 3. The quantitative estimate of drug-likeness (QED) is 0.678. The highest BCUT2D eigenvalue weighted by Gasteiger charge is 2.07. The van der Waals surface area contributed by atoms with Gasteiger partial charge in [-0.2, -0.15) is 5.10 Å². The molecule has 0 fully saturated rings. The number of carbonyl (C=O) groups is 1. The molecule has 2 aromatic rings. The number of nitrogens with one attached hydrogen (secondary N) is 1. The maximum absolute atomic E-state index is 13.5. The molecule has 5 heteroatoms. The van der Waals surface area contributed by atoms with E-state index in [1.807, 2.05) is 0 Å². The SMILES string of the molecule is C/C(=N\NC(=O)c1ccccn1)c1ccccc1F. The van der Waals surface area contributed by atoms with Crippen molar-refractivity contribution >= 4 is 11.6 Å². The Kier molecular flexibility index (Phi) is 3.97. The second-order valence-electron chi connectivity index (χ2n) is 3.83. The first kappa shape index (κ1) is 12.9. The number of amides is 1. The van der Waals surface area contributed by atoms with Gasteiger partial charge in [0.25, 0.3) is 5.91 Å². The Hall–Kier alpha value is -2.56. The zero-order chi connectivity index (χ0) is 13.7. The standard InChI is InChI=1S/C14H12FN3O/c1-10(11-6-2-3-7-12(11)15)17-18-14(19)13-8-4-5-9-16-13/h2-9H,1H3,(H,18,19)/b17-10+. The third kappa shape index (κ3) is 3.22. The minimum atomic E-state index is -0.434. The normalized spacial score (nSPS) is 11.2. The molecule has 0 spiro atoms. The molecule has 0 aliphatic carbocycles. The van der Waals surface area contributed by atoms with E-state index in [2.05, 4.69) is 15.5 Å². The van der Waals surface area contributed by atoms with Crippen LogP contribution in [0.3, 0.4) is 0 Å². The molecule has 0 aliphatic heterocycles. The summed E-state index contributed by atoms with van der Waals surface area (Å²) in [5.74, 6) is -0.813. The van der Waals surface area contributed by atoms with Gasteiger partial charge in [0.1, 0.15) is 11.5 Å². The van der Waals surface area contributed by atoms with E-state index in [0.717, 1.165) is 0 Å². The number of benzene rings is 1. The zero-order valence-corrected chi connectivity index (χ0v) is 10.3. The fourth-order valence-corrected chi connectivity index (χ4v) is 1.50. The molecule has 0 aliphatic rings. The number of pyridine rings is 1. The van der Waals surface area contributed by atoms with Gasteiger partial charge in [0.15, 0.2) is 0 Å². The molecule has 1 N–H and O–H groups in total. The highest BCUT2D eigenvalue weighted by molar-refractivity contribution is 6.00. The van der Waals surface area contributed by atoms with E-state index in [0.29, 0.717) is 11.3 Å². The molecule has 0 radical (unpaired) electrons. The lowest BCUT2D eigenvalue weighted by atomic mass is 10.1. The third-order valence-electron chi connectivity index (χ3n) is 2.49. The maximum Gasteiger partial charge on any atom is 0.289 e. The van der Waals surface area contributed by atoms with Gasteiger partial charge in [0.05, 0.1) is 5.71 Å². The van der Waals surface area contributed by atoms with Gasteiger partial charge in [0.2, 0.25) is 0 Å². The second kappa shape index (κ2) is 5.86. The number of hydrogen-bond acceptors (Lipinski definition) is 3. The van der Waals surface area contributed by atoms with Crippen molar-refractivity contribution in [2.75, 3.05) is 0 Å². The fourth-order valence-electron chi connectivity index (χ4n) is 1.50. The molecule has 0 saturated heterocycles. The van der Waals surface area contributed by atoms with Crippen LogP contribution in [0.2, 0.25) is 0 Å². The number of hydrogen-bond donors (Lipinski definition) is 1. The van der Waals surface area contributed by atoms with Crippen LogP contribution in [0.5, 0.6) is 0 Å². The number of nitrogens with zero attached hydrogens (tertiary/aromatic N) is 2. The summed E-state index contributed by atoms with van der Waals surface area (Å²) in [6, 6.07) is 11.2. The Bertz CT molecular complexity index is 611. The summed E-state index contributed by atoms with van der Waals surface area (Å²) in [5, 5.41) is 3.87. The van der Waals surface area contributed by atoms with Crippen molar-refractivity contribution in [2.24, 2.45) is 5.10 Å². The largest absolute Gasteiger partial charge is 0.289 e. The molecule has 4 nitrogen and oxygen atoms in total. The van der Waals surface area contributed by atoms with Crippen molar-refractivity contribution in [1.29, 1.82) is 0 Å². The lowest BCUT2D eigenvalue weighted by Crippen LogP contribution is -2.20. The predicted molar refractivity (Wildman–Crippen MR) is 70.3 cm³/mol. The summed E-state index contributed by atoms with van der Waals surface area (Å²) in [7, 11) is 0. The average Bonchev–Trinajstić information content (AvgIpc) is 2.46. The van der Waals surface area contributed by atoms with Gasteiger partial charge in [0, 0.05) is 11.8 Å². The van der Waals surface area contributed by atoms with Crippen LogP contribution in [-0.4, -0.2) is 16.6 Å². The van der Waals surface area contributed by atoms with Crippen LogP contribution >= 0.6 is 0 Å². The van der Waals surface area contributed by atoms with Gasteiger partial charge >= 0.3 is 0 Å². The maximum atomic E-state index is 13.5. The minimum absolute atomic E-state index is 0.257. The average molecular weight is 257 g/mol. The van der Waals surface area contributed by atoms with E-state index < -0.39 is 5.91 Å². The second-order valence-corrected chi connectivity index (χ2v) is 3.83. The lowest BCUT2D eigenvalue weighted by Gasteiger charge is -2.03. The van der Waals surface area contributed by atoms with Crippen molar-refractivity contribution in [3.8, 4) is 0 Å². The summed E-state index contributed by atoms with van der Waals surface area (Å²) in [6.07, 6.45) is 1.52. The van der Waals surface area contributed by atoms with Crippen molar-refractivity contribution in [1.82, 2.24) is 10.4 Å². The summed E-state index contributed by atoms with van der Waals surface area (Å²) >= 11 is 0. The van der Waals surface area contributed by atoms with E-state index in [-0.39, 0.29) is 11.5 Å². The molecule has 1 heterocycles. The van der Waals surface area contributed by atoms with Crippen LogP contribution in [0.1, 0.15) is 23.0 Å². The summed E-state index contributed by atoms with van der Waals surface area (Å²) in [5.41, 5.74) is 3.34. The highest BCUT2D eigenvalue weighted by Crippen LogP contribution is 2.07. The third-order valence-corrected chi connectivity index (χ3v) is 2.49. The Balaban J connectivity index is 2.11. The van der Waals surface area contributed by atoms with Crippen LogP contribution in [0, 0.1) is 5.82 Å². The van der Waals surface area contributed by atoms with Crippen LogP contribution in [0.25, 0.3) is 0 Å². The predicted octanol–water partition coefficient (Wildman–Crippen LogP) is 2.37. The molecule has 0 unspecified atom stereocenters. The summed E-state index contributed by atoms with van der Waals surface area (Å²) in [4.78, 5) is 15.6. The van der Waals surface area contributed by atoms with E-state index in [9.17, 15) is 9.18 Å². The first-order chi connectivity index (χ1) is 9.18. The molecular weight excluding hydrogens is 245 g/mol. The van der Waals surface area contributed by atoms with Gasteiger partial charge in [-0.05, 0) is 25.1 Å². The van der Waals surface area contributed by atoms with Crippen molar-refractivity contribution in [3.05, 3.63) is 65.7 Å². The van der Waals surface area contributed by atoms with Crippen LogP contribution in [0.4, 0.5) is 4.39 Å². The summed E-state index contributed by atoms with van der Waals surface area (Å²) < 4.78 is 13.5. The molecule has 0 atom stereocenters. The smallest absolute Gasteiger partial charge is 0.266 e. The van der Waals surface area contributed by atoms with E-state index in [1.54, 1.807) is 43.3 Å². The Morgan fingerprint density at radius 1 is 1.21 bits per heavy atom. The monoisotopic (exact) mass is 257 g/mol. The van der Waals surface area contributed by atoms with Crippen LogP contribution < -0.4 is 5.43 Å². The Labute approximate surface area is 110 Å². The minimum Gasteiger partial charge on any atom is -0.266 e. The van der Waals surface area contributed by atoms with Crippen molar-refractivity contribution in [3.63, 3.8) is 0 Å². The Morgan fingerprint density at radius 3 is 2.63 bits per heavy atom. The first-order valence-corrected chi connectivity index (χ1v) is 5.69. The van der Waals surface area contributed by atoms with Gasteiger partial charge in [-0.15, -0.1) is 0 Å². The zero-order valence-electron chi connectivity index (χ0n) is 10.3. The number of hydrazone groups is 1. The van der Waals surface area contributed by atoms with Gasteiger partial charge in [-0.25, -0.2) is 9.82 Å². The van der Waals surface area contributed by atoms with Gasteiger partial charge in [-0.3, -0.25) is 9.78 Å². The highest BCUT2D eigenvalue weighted by atomic mass is 19.1. The van der Waals surface area contributed by atoms with Crippen LogP contribution in [-0.2, 0) is 0 Å². The lowest BCUT2D eigenvalue weighted by molar-refractivity contribution is 0.0950. The molecule has 19 heavy (non-hydrogen) atoms. The molecule has 0 saturated carbocycles. The van der Waals surface area contributed by atoms with E-state index in [1.165, 1.54) is 12.3 Å². The topological polar surface area (TPSA) is 54.4 Å². The van der Waals surface area contributed by atoms with E-state index >= 15 is 0 Å². The van der Waals surface area contributed by atoms with Crippen molar-refractivity contribution < 1.29 is 9.18 Å². The molecule has 1 amide bonds. The number of aromatic nitrogens is 1. The van der Waals surface area contributed by atoms with Crippen LogP contribution in [0.15, 0.2) is 53.8 Å².